The highest BCUT2D eigenvalue weighted by Gasteiger charge is 2.14. The van der Waals surface area contributed by atoms with E-state index in [1.165, 1.54) is 24.3 Å². The number of nitrogens with zero attached hydrogens (tertiary/aromatic N) is 4. The predicted molar refractivity (Wildman–Crippen MR) is 143 cm³/mol. The van der Waals surface area contributed by atoms with E-state index in [0.29, 0.717) is 23.6 Å². The largest absolute Gasteiger partial charge is 0.322 e. The van der Waals surface area contributed by atoms with Gasteiger partial charge >= 0.3 is 0 Å². The number of amides is 1. The summed E-state index contributed by atoms with van der Waals surface area (Å²) in [4.78, 5) is 19.3. The van der Waals surface area contributed by atoms with Crippen LogP contribution in [0.2, 0.25) is 0 Å². The van der Waals surface area contributed by atoms with Crippen LogP contribution in [0.3, 0.4) is 0 Å². The molecule has 0 aliphatic heterocycles. The average molecular weight is 528 g/mol. The van der Waals surface area contributed by atoms with Gasteiger partial charge in [-0.1, -0.05) is 12.1 Å². The predicted octanol–water partition coefficient (Wildman–Crippen LogP) is 5.31. The number of anilines is 1. The quantitative estimate of drug-likeness (QED) is 0.277. The fraction of sp³-hybridized carbons (Fsp3) is 0.120. The Morgan fingerprint density at radius 2 is 1.72 bits per heavy atom. The van der Waals surface area contributed by atoms with E-state index < -0.39 is 0 Å². The Labute approximate surface area is 219 Å². The molecule has 0 bridgehead atoms. The summed E-state index contributed by atoms with van der Waals surface area (Å²) in [7, 11) is 3.94. The van der Waals surface area contributed by atoms with Crippen molar-refractivity contribution in [1.29, 1.82) is 0 Å². The minimum absolute atomic E-state index is 0. The molecule has 186 valence electrons. The molecule has 8 nitrogen and oxygen atoms in total. The molecular weight excluding hydrogens is 504 g/mol. The number of halogens is 3. The van der Waals surface area contributed by atoms with Crippen LogP contribution in [0.15, 0.2) is 66.7 Å². The van der Waals surface area contributed by atoms with Crippen molar-refractivity contribution in [2.45, 2.75) is 6.54 Å². The van der Waals surface area contributed by atoms with Gasteiger partial charge in [-0.15, -0.1) is 24.8 Å². The van der Waals surface area contributed by atoms with Crippen LogP contribution in [0.1, 0.15) is 16.2 Å². The first kappa shape index (κ1) is 26.8. The number of H-pyrrole nitrogens is 2. The van der Waals surface area contributed by atoms with Crippen LogP contribution in [0, 0.1) is 5.82 Å². The average Bonchev–Trinajstić information content (AvgIpc) is 3.47. The number of carbonyl (C=O) groups is 1. The lowest BCUT2D eigenvalue weighted by Gasteiger charge is -2.07. The highest BCUT2D eigenvalue weighted by Crippen LogP contribution is 2.30. The fourth-order valence-electron chi connectivity index (χ4n) is 3.71. The third-order valence-corrected chi connectivity index (χ3v) is 5.32. The number of aromatic amines is 2. The number of nitrogens with one attached hydrogen (secondary N) is 3. The minimum atomic E-state index is -0.358. The molecular formula is C25H24Cl2FN7O. The van der Waals surface area contributed by atoms with Gasteiger partial charge in [0.2, 0.25) is 0 Å². The second-order valence-corrected chi connectivity index (χ2v) is 8.22. The van der Waals surface area contributed by atoms with E-state index in [2.05, 4.69) is 30.7 Å². The van der Waals surface area contributed by atoms with Crippen molar-refractivity contribution in [2.75, 3.05) is 19.4 Å². The lowest BCUT2D eigenvalue weighted by molar-refractivity contribution is 0.102. The molecule has 0 saturated carbocycles. The molecule has 0 unspecified atom stereocenters. The van der Waals surface area contributed by atoms with Crippen LogP contribution in [0.5, 0.6) is 0 Å². The van der Waals surface area contributed by atoms with Gasteiger partial charge in [0, 0.05) is 27.8 Å². The molecule has 1 amide bonds. The van der Waals surface area contributed by atoms with Gasteiger partial charge in [-0.2, -0.15) is 10.2 Å². The van der Waals surface area contributed by atoms with Crippen molar-refractivity contribution in [3.8, 4) is 22.6 Å². The molecule has 0 atom stereocenters. The number of benzene rings is 3. The molecule has 0 aliphatic carbocycles. The topological polar surface area (TPSA) is 103 Å². The van der Waals surface area contributed by atoms with Crippen LogP contribution in [-0.4, -0.2) is 50.3 Å². The normalized spacial score (nSPS) is 10.7. The monoisotopic (exact) mass is 527 g/mol. The highest BCUT2D eigenvalue weighted by molar-refractivity contribution is 6.05. The second kappa shape index (κ2) is 11.3. The lowest BCUT2D eigenvalue weighted by Crippen LogP contribution is -2.11. The summed E-state index contributed by atoms with van der Waals surface area (Å²) in [6.07, 6.45) is 0. The number of hydrogen-bond donors (Lipinski definition) is 3. The maximum absolute atomic E-state index is 13.1. The van der Waals surface area contributed by atoms with Gasteiger partial charge in [-0.25, -0.2) is 9.37 Å². The van der Waals surface area contributed by atoms with Gasteiger partial charge in [0.15, 0.2) is 5.82 Å². The summed E-state index contributed by atoms with van der Waals surface area (Å²) >= 11 is 0. The highest BCUT2D eigenvalue weighted by atomic mass is 35.5. The molecule has 2 heterocycles. The Bertz CT molecular complexity index is 1480. The van der Waals surface area contributed by atoms with Gasteiger partial charge in [-0.05, 0) is 68.7 Å². The maximum Gasteiger partial charge on any atom is 0.255 e. The van der Waals surface area contributed by atoms with Gasteiger partial charge in [0.25, 0.3) is 5.91 Å². The standard InChI is InChI=1S/C25H22FN7O.2ClH/c1-33(2)14-22-28-24(32-30-22)16-6-11-21-20(13-16)23(31-29-21)15-4-3-5-17(12-15)25(34)27-19-9-7-18(26)8-10-19;;/h3-13H,14H2,1-2H3,(H,27,34)(H,29,31)(H,28,30,32);2*1H. The fourth-order valence-corrected chi connectivity index (χ4v) is 3.71. The van der Waals surface area contributed by atoms with Crippen LogP contribution in [0.25, 0.3) is 33.5 Å². The Kier molecular flexibility index (Phi) is 8.41. The number of fused-ring (bicyclic) bond motifs is 1. The lowest BCUT2D eigenvalue weighted by atomic mass is 10.0. The van der Waals surface area contributed by atoms with E-state index in [1.54, 1.807) is 12.1 Å². The van der Waals surface area contributed by atoms with Gasteiger partial charge < -0.3 is 10.2 Å². The van der Waals surface area contributed by atoms with Crippen LogP contribution in [-0.2, 0) is 6.54 Å². The molecule has 0 radical (unpaired) electrons. The van der Waals surface area contributed by atoms with Gasteiger partial charge in [0.1, 0.15) is 11.6 Å². The molecule has 2 aromatic heterocycles. The Balaban J connectivity index is 0.00000180. The van der Waals surface area contributed by atoms with E-state index in [0.717, 1.165) is 33.5 Å². The van der Waals surface area contributed by atoms with Crippen LogP contribution < -0.4 is 5.32 Å². The molecule has 0 aliphatic rings. The molecule has 0 fully saturated rings. The van der Waals surface area contributed by atoms with Gasteiger partial charge in [0.05, 0.1) is 17.8 Å². The van der Waals surface area contributed by atoms with Crippen molar-refractivity contribution >= 4 is 47.3 Å². The summed E-state index contributed by atoms with van der Waals surface area (Å²) in [6.45, 7) is 0.666. The third kappa shape index (κ3) is 5.71. The summed E-state index contributed by atoms with van der Waals surface area (Å²) < 4.78 is 13.1. The molecule has 5 rings (SSSR count). The number of rotatable bonds is 6. The second-order valence-electron chi connectivity index (χ2n) is 8.22. The molecule has 0 saturated heterocycles. The summed E-state index contributed by atoms with van der Waals surface area (Å²) in [5.41, 5.74) is 4.23. The number of hydrogen-bond acceptors (Lipinski definition) is 5. The molecule has 11 heteroatoms. The SMILES string of the molecule is CN(C)Cc1nc(-c2ccc3[nH]nc(-c4cccc(C(=O)Nc5ccc(F)cc5)c4)c3c2)n[nH]1.Cl.Cl. The van der Waals surface area contributed by atoms with Crippen molar-refractivity contribution in [1.82, 2.24) is 30.3 Å². The zero-order valence-electron chi connectivity index (χ0n) is 19.4. The first-order valence-electron chi connectivity index (χ1n) is 10.7. The third-order valence-electron chi connectivity index (χ3n) is 5.32. The molecule has 3 N–H and O–H groups in total. The van der Waals surface area contributed by atoms with Crippen molar-refractivity contribution < 1.29 is 9.18 Å². The summed E-state index contributed by atoms with van der Waals surface area (Å²) in [6, 6.07) is 18.7. The molecule has 0 spiro atoms. The van der Waals surface area contributed by atoms with Gasteiger partial charge in [-0.3, -0.25) is 15.0 Å². The Morgan fingerprint density at radius 3 is 2.47 bits per heavy atom. The van der Waals surface area contributed by atoms with E-state index in [1.807, 2.05) is 49.3 Å². The van der Waals surface area contributed by atoms with Crippen LogP contribution in [0.4, 0.5) is 10.1 Å². The van der Waals surface area contributed by atoms with E-state index >= 15 is 0 Å². The van der Waals surface area contributed by atoms with Crippen LogP contribution >= 0.6 is 24.8 Å². The first-order valence-corrected chi connectivity index (χ1v) is 10.7. The maximum atomic E-state index is 13.1. The zero-order chi connectivity index (χ0) is 23.7. The number of aromatic nitrogens is 5. The van der Waals surface area contributed by atoms with E-state index in [-0.39, 0.29) is 36.5 Å². The van der Waals surface area contributed by atoms with Crippen molar-refractivity contribution in [3.05, 3.63) is 83.9 Å². The smallest absolute Gasteiger partial charge is 0.255 e. The molecule has 5 aromatic rings. The first-order chi connectivity index (χ1) is 16.5. The zero-order valence-corrected chi connectivity index (χ0v) is 21.1. The molecule has 36 heavy (non-hydrogen) atoms. The Morgan fingerprint density at radius 1 is 0.944 bits per heavy atom. The minimum Gasteiger partial charge on any atom is -0.322 e. The van der Waals surface area contributed by atoms with E-state index in [4.69, 9.17) is 0 Å². The van der Waals surface area contributed by atoms with Crippen molar-refractivity contribution in [3.63, 3.8) is 0 Å². The summed E-state index contributed by atoms with van der Waals surface area (Å²) in [5.74, 6) is 0.748. The van der Waals surface area contributed by atoms with Crippen molar-refractivity contribution in [2.24, 2.45) is 0 Å². The van der Waals surface area contributed by atoms with E-state index in [9.17, 15) is 9.18 Å². The molecule has 3 aromatic carbocycles. The Hall–Kier alpha value is -3.79. The summed E-state index contributed by atoms with van der Waals surface area (Å²) in [5, 5.41) is 18.5. The number of carbonyl (C=O) groups excluding carboxylic acids is 1.